The van der Waals surface area contributed by atoms with Crippen LogP contribution in [0.5, 0.6) is 5.75 Å². The summed E-state index contributed by atoms with van der Waals surface area (Å²) in [6.07, 6.45) is 5.69. The molecule has 98 valence electrons. The molecule has 0 radical (unpaired) electrons. The van der Waals surface area contributed by atoms with E-state index in [4.69, 9.17) is 4.74 Å². The number of para-hydroxylation sites is 1. The fourth-order valence-electron chi connectivity index (χ4n) is 2.14. The second-order valence-corrected chi connectivity index (χ2v) is 4.58. The van der Waals surface area contributed by atoms with Crippen molar-refractivity contribution in [2.45, 2.75) is 0 Å². The Morgan fingerprint density at radius 1 is 0.950 bits per heavy atom. The number of Topliss-reactive ketones (excluding diaryl/α,β-unsaturated/α-hetero) is 1. The van der Waals surface area contributed by atoms with Crippen LogP contribution in [0.1, 0.15) is 15.9 Å². The summed E-state index contributed by atoms with van der Waals surface area (Å²) in [6.45, 7) is 0.328. The third kappa shape index (κ3) is 2.54. The highest BCUT2D eigenvalue weighted by Crippen LogP contribution is 2.26. The predicted octanol–water partition coefficient (Wildman–Crippen LogP) is 3.90. The highest BCUT2D eigenvalue weighted by atomic mass is 16.5. The van der Waals surface area contributed by atoms with E-state index in [1.54, 1.807) is 6.07 Å². The van der Waals surface area contributed by atoms with Gasteiger partial charge in [0.15, 0.2) is 5.78 Å². The third-order valence-electron chi connectivity index (χ3n) is 3.19. The van der Waals surface area contributed by atoms with Gasteiger partial charge in [-0.05, 0) is 17.7 Å². The molecule has 2 heteroatoms. The second-order valence-electron chi connectivity index (χ2n) is 4.58. The SMILES string of the molecule is O=C1/C(=C/C=C/c2ccccc2)COc2ccccc21. The van der Waals surface area contributed by atoms with E-state index in [0.717, 1.165) is 5.56 Å². The number of ether oxygens (including phenoxy) is 1. The van der Waals surface area contributed by atoms with Crippen LogP contribution in [0.4, 0.5) is 0 Å². The molecule has 0 saturated carbocycles. The Hall–Kier alpha value is -2.61. The number of rotatable bonds is 2. The largest absolute Gasteiger partial charge is 0.488 e. The van der Waals surface area contributed by atoms with Crippen molar-refractivity contribution in [2.24, 2.45) is 0 Å². The summed E-state index contributed by atoms with van der Waals surface area (Å²) in [5, 5.41) is 0. The Balaban J connectivity index is 1.81. The van der Waals surface area contributed by atoms with Crippen molar-refractivity contribution >= 4 is 11.9 Å². The minimum atomic E-state index is 0.0459. The molecule has 0 fully saturated rings. The minimum Gasteiger partial charge on any atom is -0.488 e. The number of fused-ring (bicyclic) bond motifs is 1. The Bertz CT molecular complexity index is 682. The van der Waals surface area contributed by atoms with E-state index in [1.165, 1.54) is 0 Å². The summed E-state index contributed by atoms with van der Waals surface area (Å²) >= 11 is 0. The average Bonchev–Trinajstić information content (AvgIpc) is 2.51. The fourth-order valence-corrected chi connectivity index (χ4v) is 2.14. The maximum absolute atomic E-state index is 12.3. The van der Waals surface area contributed by atoms with Crippen molar-refractivity contribution in [2.75, 3.05) is 6.61 Å². The Kier molecular flexibility index (Phi) is 3.46. The molecular formula is C18H14O2. The Morgan fingerprint density at radius 2 is 1.70 bits per heavy atom. The molecule has 0 bridgehead atoms. The van der Waals surface area contributed by atoms with Crippen LogP contribution in [0.25, 0.3) is 6.08 Å². The summed E-state index contributed by atoms with van der Waals surface area (Å²) in [5.74, 6) is 0.714. The number of carbonyl (C=O) groups is 1. The van der Waals surface area contributed by atoms with E-state index in [0.29, 0.717) is 23.5 Å². The zero-order valence-electron chi connectivity index (χ0n) is 11.0. The summed E-state index contributed by atoms with van der Waals surface area (Å²) in [5.41, 5.74) is 2.42. The second kappa shape index (κ2) is 5.57. The van der Waals surface area contributed by atoms with Crippen LogP contribution in [-0.4, -0.2) is 12.4 Å². The summed E-state index contributed by atoms with van der Waals surface area (Å²) < 4.78 is 5.59. The zero-order valence-corrected chi connectivity index (χ0v) is 11.0. The minimum absolute atomic E-state index is 0.0459. The average molecular weight is 262 g/mol. The molecule has 1 heterocycles. The first-order valence-electron chi connectivity index (χ1n) is 6.53. The fraction of sp³-hybridized carbons (Fsp3) is 0.0556. The number of benzene rings is 2. The van der Waals surface area contributed by atoms with E-state index in [2.05, 4.69) is 0 Å². The van der Waals surface area contributed by atoms with Crippen LogP contribution in [-0.2, 0) is 0 Å². The third-order valence-corrected chi connectivity index (χ3v) is 3.19. The molecule has 3 rings (SSSR count). The van der Waals surface area contributed by atoms with Crippen molar-refractivity contribution in [3.05, 3.63) is 83.4 Å². The maximum atomic E-state index is 12.3. The molecule has 0 amide bonds. The topological polar surface area (TPSA) is 26.3 Å². The van der Waals surface area contributed by atoms with Crippen LogP contribution >= 0.6 is 0 Å². The highest BCUT2D eigenvalue weighted by molar-refractivity contribution is 6.11. The normalized spacial score (nSPS) is 16.2. The van der Waals surface area contributed by atoms with Crippen molar-refractivity contribution in [3.8, 4) is 5.75 Å². The lowest BCUT2D eigenvalue weighted by atomic mass is 10.00. The van der Waals surface area contributed by atoms with Gasteiger partial charge in [-0.2, -0.15) is 0 Å². The maximum Gasteiger partial charge on any atom is 0.196 e. The lowest BCUT2D eigenvalue weighted by Gasteiger charge is -2.17. The number of hydrogen-bond acceptors (Lipinski definition) is 2. The molecule has 0 spiro atoms. The van der Waals surface area contributed by atoms with Crippen molar-refractivity contribution < 1.29 is 9.53 Å². The molecule has 2 aromatic rings. The van der Waals surface area contributed by atoms with E-state index in [1.807, 2.05) is 66.8 Å². The molecule has 2 nitrogen and oxygen atoms in total. The van der Waals surface area contributed by atoms with Gasteiger partial charge in [-0.15, -0.1) is 0 Å². The molecule has 1 aliphatic rings. The standard InChI is InChI=1S/C18H14O2/c19-18-15(10-6-9-14-7-2-1-3-8-14)13-20-17-12-5-4-11-16(17)18/h1-12H,13H2/b9-6+,15-10+. The van der Waals surface area contributed by atoms with Crippen LogP contribution in [0.2, 0.25) is 0 Å². The van der Waals surface area contributed by atoms with Crippen molar-refractivity contribution in [3.63, 3.8) is 0 Å². The lowest BCUT2D eigenvalue weighted by molar-refractivity contribution is 0.0999. The van der Waals surface area contributed by atoms with E-state index >= 15 is 0 Å². The van der Waals surface area contributed by atoms with Gasteiger partial charge in [-0.3, -0.25) is 4.79 Å². The van der Waals surface area contributed by atoms with Gasteiger partial charge in [0.1, 0.15) is 12.4 Å². The van der Waals surface area contributed by atoms with Gasteiger partial charge in [0, 0.05) is 5.57 Å². The van der Waals surface area contributed by atoms with Crippen molar-refractivity contribution in [1.82, 2.24) is 0 Å². The summed E-state index contributed by atoms with van der Waals surface area (Å²) in [7, 11) is 0. The molecule has 0 aliphatic carbocycles. The van der Waals surface area contributed by atoms with Gasteiger partial charge in [0.05, 0.1) is 5.56 Å². The monoisotopic (exact) mass is 262 g/mol. The van der Waals surface area contributed by atoms with Crippen LogP contribution in [0, 0.1) is 0 Å². The number of allylic oxidation sites excluding steroid dienone is 2. The van der Waals surface area contributed by atoms with Gasteiger partial charge < -0.3 is 4.74 Å². The number of carbonyl (C=O) groups excluding carboxylic acids is 1. The number of hydrogen-bond donors (Lipinski definition) is 0. The number of ketones is 1. The molecule has 2 aromatic carbocycles. The van der Waals surface area contributed by atoms with Crippen LogP contribution in [0.15, 0.2) is 72.3 Å². The predicted molar refractivity (Wildman–Crippen MR) is 79.8 cm³/mol. The van der Waals surface area contributed by atoms with Gasteiger partial charge in [-0.1, -0.05) is 60.7 Å². The molecule has 0 N–H and O–H groups in total. The summed E-state index contributed by atoms with van der Waals surface area (Å²) in [6, 6.07) is 17.3. The molecular weight excluding hydrogens is 248 g/mol. The van der Waals surface area contributed by atoms with Gasteiger partial charge in [-0.25, -0.2) is 0 Å². The first kappa shape index (κ1) is 12.4. The molecule has 0 aromatic heterocycles. The molecule has 0 unspecified atom stereocenters. The summed E-state index contributed by atoms with van der Waals surface area (Å²) in [4.78, 5) is 12.3. The first-order chi connectivity index (χ1) is 9.84. The van der Waals surface area contributed by atoms with E-state index in [-0.39, 0.29) is 5.78 Å². The molecule has 0 saturated heterocycles. The first-order valence-corrected chi connectivity index (χ1v) is 6.53. The van der Waals surface area contributed by atoms with E-state index in [9.17, 15) is 4.79 Å². The molecule has 20 heavy (non-hydrogen) atoms. The Morgan fingerprint density at radius 3 is 2.55 bits per heavy atom. The quantitative estimate of drug-likeness (QED) is 0.767. The van der Waals surface area contributed by atoms with Crippen molar-refractivity contribution in [1.29, 1.82) is 0 Å². The Labute approximate surface area is 118 Å². The van der Waals surface area contributed by atoms with Crippen LogP contribution in [0.3, 0.4) is 0 Å². The lowest BCUT2D eigenvalue weighted by Crippen LogP contribution is -2.18. The van der Waals surface area contributed by atoms with Gasteiger partial charge >= 0.3 is 0 Å². The highest BCUT2D eigenvalue weighted by Gasteiger charge is 2.21. The van der Waals surface area contributed by atoms with E-state index < -0.39 is 0 Å². The van der Waals surface area contributed by atoms with Crippen LogP contribution < -0.4 is 4.74 Å². The van der Waals surface area contributed by atoms with Gasteiger partial charge in [0.25, 0.3) is 0 Å². The smallest absolute Gasteiger partial charge is 0.196 e. The molecule has 0 atom stereocenters. The van der Waals surface area contributed by atoms with Gasteiger partial charge in [0.2, 0.25) is 0 Å². The zero-order chi connectivity index (χ0) is 13.8. The molecule has 1 aliphatic heterocycles.